The maximum absolute atomic E-state index is 12.3. The molecule has 0 aliphatic heterocycles. The predicted molar refractivity (Wildman–Crippen MR) is 96.4 cm³/mol. The van der Waals surface area contributed by atoms with Crippen molar-refractivity contribution in [1.82, 2.24) is 9.97 Å². The number of phenols is 1. The Hall–Kier alpha value is -2.67. The molecule has 3 aromatic rings. The summed E-state index contributed by atoms with van der Waals surface area (Å²) < 4.78 is 5.36. The summed E-state index contributed by atoms with van der Waals surface area (Å²) in [6.45, 7) is 7.26. The van der Waals surface area contributed by atoms with Crippen LogP contribution in [0.15, 0.2) is 23.0 Å². The third kappa shape index (κ3) is 3.15. The van der Waals surface area contributed by atoms with Crippen molar-refractivity contribution in [3.63, 3.8) is 0 Å². The molecule has 0 saturated heterocycles. The van der Waals surface area contributed by atoms with Crippen molar-refractivity contribution in [2.45, 2.75) is 33.8 Å². The van der Waals surface area contributed by atoms with E-state index in [0.717, 1.165) is 16.0 Å². The average molecular weight is 358 g/mol. The van der Waals surface area contributed by atoms with Crippen LogP contribution in [0.1, 0.15) is 45.2 Å². The van der Waals surface area contributed by atoms with Gasteiger partial charge in [-0.3, -0.25) is 4.79 Å². The Balaban J connectivity index is 1.90. The second-order valence-electron chi connectivity index (χ2n) is 5.98. The quantitative estimate of drug-likeness (QED) is 0.699. The molecular weight excluding hydrogens is 340 g/mol. The van der Waals surface area contributed by atoms with Crippen LogP contribution in [0.5, 0.6) is 5.75 Å². The molecule has 0 radical (unpaired) electrons. The fourth-order valence-electron chi connectivity index (χ4n) is 2.56. The Morgan fingerprint density at radius 1 is 1.32 bits per heavy atom. The molecule has 0 bridgehead atoms. The van der Waals surface area contributed by atoms with E-state index in [1.165, 1.54) is 23.5 Å². The molecule has 2 N–H and O–H groups in total. The number of hydrogen-bond acceptors (Lipinski definition) is 6. The number of carbonyl (C=O) groups is 1. The number of nitrogens with zero attached hydrogens (tertiary/aromatic N) is 1. The number of fused-ring (bicyclic) bond motifs is 1. The van der Waals surface area contributed by atoms with Gasteiger partial charge in [0.1, 0.15) is 16.1 Å². The number of esters is 1. The largest absolute Gasteiger partial charge is 0.507 e. The second kappa shape index (κ2) is 6.33. The number of aromatic nitrogens is 2. The highest BCUT2D eigenvalue weighted by molar-refractivity contribution is 7.18. The number of benzene rings is 1. The number of aromatic amines is 1. The minimum Gasteiger partial charge on any atom is -0.507 e. The lowest BCUT2D eigenvalue weighted by atomic mass is 10.1. The molecule has 7 heteroatoms. The number of ether oxygens (including phenoxy) is 1. The van der Waals surface area contributed by atoms with Crippen molar-refractivity contribution < 1.29 is 14.6 Å². The third-order valence-electron chi connectivity index (χ3n) is 4.10. The molecule has 2 heterocycles. The van der Waals surface area contributed by atoms with E-state index in [-0.39, 0.29) is 22.7 Å². The molecule has 0 aliphatic carbocycles. The van der Waals surface area contributed by atoms with Crippen LogP contribution in [0.25, 0.3) is 10.2 Å². The molecule has 2 aromatic heterocycles. The number of thiophene rings is 1. The van der Waals surface area contributed by atoms with Crippen molar-refractivity contribution >= 4 is 27.5 Å². The first-order chi connectivity index (χ1) is 11.8. The smallest absolute Gasteiger partial charge is 0.342 e. The Bertz CT molecular complexity index is 1040. The van der Waals surface area contributed by atoms with E-state index in [1.807, 2.05) is 20.8 Å². The topological polar surface area (TPSA) is 92.3 Å². The Kier molecular flexibility index (Phi) is 4.34. The highest BCUT2D eigenvalue weighted by Gasteiger charge is 2.20. The zero-order chi connectivity index (χ0) is 18.3. The Morgan fingerprint density at radius 3 is 2.72 bits per heavy atom. The molecule has 0 spiro atoms. The molecule has 0 aliphatic rings. The van der Waals surface area contributed by atoms with Crippen LogP contribution in [0.4, 0.5) is 0 Å². The predicted octanol–water partition coefficient (Wildman–Crippen LogP) is 3.53. The molecule has 0 amide bonds. The van der Waals surface area contributed by atoms with Crippen molar-refractivity contribution in [3.8, 4) is 5.75 Å². The van der Waals surface area contributed by atoms with Crippen LogP contribution in [0, 0.1) is 20.8 Å². The molecule has 6 nitrogen and oxygen atoms in total. The van der Waals surface area contributed by atoms with Crippen molar-refractivity contribution in [2.75, 3.05) is 0 Å². The van der Waals surface area contributed by atoms with Gasteiger partial charge >= 0.3 is 5.97 Å². The number of hydrogen-bond donors (Lipinski definition) is 2. The summed E-state index contributed by atoms with van der Waals surface area (Å²) in [5, 5.41) is 10.5. The van der Waals surface area contributed by atoms with Gasteiger partial charge < -0.3 is 14.8 Å². The lowest BCUT2D eigenvalue weighted by molar-refractivity contribution is 0.0317. The molecule has 0 unspecified atom stereocenters. The highest BCUT2D eigenvalue weighted by Crippen LogP contribution is 2.27. The highest BCUT2D eigenvalue weighted by atomic mass is 32.1. The molecule has 1 aromatic carbocycles. The van der Waals surface area contributed by atoms with E-state index < -0.39 is 12.1 Å². The summed E-state index contributed by atoms with van der Waals surface area (Å²) in [6.07, 6.45) is -0.756. The molecule has 0 saturated carbocycles. The van der Waals surface area contributed by atoms with Gasteiger partial charge in [0.2, 0.25) is 0 Å². The van der Waals surface area contributed by atoms with E-state index in [2.05, 4.69) is 9.97 Å². The lowest BCUT2D eigenvalue weighted by Crippen LogP contribution is -2.17. The first-order valence-corrected chi connectivity index (χ1v) is 8.60. The van der Waals surface area contributed by atoms with Gasteiger partial charge in [-0.05, 0) is 51.0 Å². The molecule has 130 valence electrons. The molecule has 0 fully saturated rings. The van der Waals surface area contributed by atoms with Crippen LogP contribution in [0.2, 0.25) is 0 Å². The summed E-state index contributed by atoms with van der Waals surface area (Å²) >= 11 is 1.43. The molecule has 3 rings (SSSR count). The fourth-order valence-corrected chi connectivity index (χ4v) is 3.60. The fraction of sp³-hybridized carbons (Fsp3) is 0.278. The zero-order valence-corrected chi connectivity index (χ0v) is 15.2. The first kappa shape index (κ1) is 17.2. The monoisotopic (exact) mass is 358 g/mol. The summed E-state index contributed by atoms with van der Waals surface area (Å²) in [6, 6.07) is 4.71. The van der Waals surface area contributed by atoms with Crippen LogP contribution < -0.4 is 5.56 Å². The van der Waals surface area contributed by atoms with Gasteiger partial charge in [0.15, 0.2) is 11.9 Å². The number of aryl methyl sites for hydroxylation is 3. The standard InChI is InChI=1S/C18H18N2O4S/c1-8-5-6-12(13(21)7-8)18(23)24-10(3)15-19-16(22)14-9(2)11(4)25-17(14)20-15/h5-7,10,21H,1-4H3,(H,19,20,22)/t10-/m0/s1. The summed E-state index contributed by atoms with van der Waals surface area (Å²) in [4.78, 5) is 33.3. The second-order valence-corrected chi connectivity index (χ2v) is 7.19. The van der Waals surface area contributed by atoms with Crippen LogP contribution in [-0.2, 0) is 4.74 Å². The van der Waals surface area contributed by atoms with Crippen molar-refractivity contribution in [3.05, 3.63) is 55.9 Å². The number of aromatic hydroxyl groups is 1. The molecule has 25 heavy (non-hydrogen) atoms. The lowest BCUT2D eigenvalue weighted by Gasteiger charge is -2.13. The minimum atomic E-state index is -0.756. The number of rotatable bonds is 3. The van der Waals surface area contributed by atoms with E-state index in [0.29, 0.717) is 10.2 Å². The van der Waals surface area contributed by atoms with Gasteiger partial charge in [-0.2, -0.15) is 0 Å². The van der Waals surface area contributed by atoms with Crippen LogP contribution >= 0.6 is 11.3 Å². The zero-order valence-electron chi connectivity index (χ0n) is 14.3. The van der Waals surface area contributed by atoms with Gasteiger partial charge in [-0.25, -0.2) is 9.78 Å². The average Bonchev–Trinajstić information content (AvgIpc) is 2.82. The van der Waals surface area contributed by atoms with E-state index >= 15 is 0 Å². The number of carbonyl (C=O) groups excluding carboxylic acids is 1. The third-order valence-corrected chi connectivity index (χ3v) is 5.20. The van der Waals surface area contributed by atoms with Gasteiger partial charge in [-0.15, -0.1) is 11.3 Å². The van der Waals surface area contributed by atoms with Crippen LogP contribution in [0.3, 0.4) is 0 Å². The summed E-state index contributed by atoms with van der Waals surface area (Å²) in [7, 11) is 0. The van der Waals surface area contributed by atoms with Crippen molar-refractivity contribution in [1.29, 1.82) is 0 Å². The SMILES string of the molecule is Cc1ccc(C(=O)O[C@@H](C)c2nc3sc(C)c(C)c3c(=O)[nH]2)c(O)c1. The van der Waals surface area contributed by atoms with E-state index in [4.69, 9.17) is 4.74 Å². The Morgan fingerprint density at radius 2 is 2.04 bits per heavy atom. The molecule has 1 atom stereocenters. The molecular formula is C18H18N2O4S. The van der Waals surface area contributed by atoms with Gasteiger partial charge in [-0.1, -0.05) is 6.07 Å². The Labute approximate surface area is 148 Å². The minimum absolute atomic E-state index is 0.0729. The number of nitrogens with one attached hydrogen (secondary N) is 1. The summed E-state index contributed by atoms with van der Waals surface area (Å²) in [5.41, 5.74) is 1.57. The summed E-state index contributed by atoms with van der Waals surface area (Å²) in [5.74, 6) is -0.538. The van der Waals surface area contributed by atoms with Gasteiger partial charge in [0, 0.05) is 4.88 Å². The van der Waals surface area contributed by atoms with E-state index in [9.17, 15) is 14.7 Å². The van der Waals surface area contributed by atoms with Crippen molar-refractivity contribution in [2.24, 2.45) is 0 Å². The van der Waals surface area contributed by atoms with Crippen LogP contribution in [-0.4, -0.2) is 21.0 Å². The van der Waals surface area contributed by atoms with Gasteiger partial charge in [0.05, 0.1) is 5.39 Å². The number of H-pyrrole nitrogens is 1. The maximum atomic E-state index is 12.3. The van der Waals surface area contributed by atoms with E-state index in [1.54, 1.807) is 13.0 Å². The number of phenolic OH excluding ortho intramolecular Hbond substituents is 1. The van der Waals surface area contributed by atoms with Gasteiger partial charge in [0.25, 0.3) is 5.56 Å². The normalized spacial score (nSPS) is 12.3. The maximum Gasteiger partial charge on any atom is 0.342 e. The first-order valence-electron chi connectivity index (χ1n) is 7.78.